The molecule has 0 radical (unpaired) electrons. The Morgan fingerprint density at radius 2 is 2.50 bits per heavy atom. The molecule has 0 aliphatic heterocycles. The second-order valence-electron chi connectivity index (χ2n) is 2.95. The van der Waals surface area contributed by atoms with Crippen LogP contribution in [0.15, 0.2) is 17.5 Å². The van der Waals surface area contributed by atoms with Gasteiger partial charge in [0, 0.05) is 4.88 Å². The van der Waals surface area contributed by atoms with E-state index in [0.717, 1.165) is 4.88 Å². The third-order valence-electron chi connectivity index (χ3n) is 1.73. The van der Waals surface area contributed by atoms with Crippen LogP contribution >= 0.6 is 11.3 Å². The van der Waals surface area contributed by atoms with Crippen LogP contribution in [0, 0.1) is 0 Å². The number of nitrogens with two attached hydrogens (primary N) is 1. The van der Waals surface area contributed by atoms with Crippen LogP contribution in [-0.2, 0) is 16.1 Å². The first-order valence-electron chi connectivity index (χ1n) is 4.24. The van der Waals surface area contributed by atoms with Crippen LogP contribution in [0.1, 0.15) is 11.8 Å². The largest absolute Gasteiger partial charge is 0.459 e. The maximum Gasteiger partial charge on any atom is 0.325 e. The highest BCUT2D eigenvalue weighted by molar-refractivity contribution is 7.09. The smallest absolute Gasteiger partial charge is 0.325 e. The molecule has 78 valence electrons. The summed E-state index contributed by atoms with van der Waals surface area (Å²) in [6.07, 6.45) is -0.883. The summed E-state index contributed by atoms with van der Waals surface area (Å²) >= 11 is 1.50. The van der Waals surface area contributed by atoms with Gasteiger partial charge in [0.05, 0.1) is 6.10 Å². The minimum absolute atomic E-state index is 0.219. The van der Waals surface area contributed by atoms with Crippen molar-refractivity contribution >= 4 is 17.3 Å². The number of carbonyl (C=O) groups excluding carboxylic acids is 1. The summed E-state index contributed by atoms with van der Waals surface area (Å²) in [5.41, 5.74) is 5.38. The lowest BCUT2D eigenvalue weighted by Gasteiger charge is -2.12. The normalized spacial score (nSPS) is 14.8. The Balaban J connectivity index is 2.35. The molecule has 14 heavy (non-hydrogen) atoms. The predicted octanol–water partition coefficient (Wildman–Crippen LogP) is 0.499. The predicted molar refractivity (Wildman–Crippen MR) is 53.8 cm³/mol. The average molecular weight is 215 g/mol. The lowest BCUT2D eigenvalue weighted by Crippen LogP contribution is -2.41. The van der Waals surface area contributed by atoms with E-state index in [0.29, 0.717) is 0 Å². The van der Waals surface area contributed by atoms with Gasteiger partial charge in [-0.1, -0.05) is 6.07 Å². The van der Waals surface area contributed by atoms with E-state index >= 15 is 0 Å². The zero-order valence-electron chi connectivity index (χ0n) is 7.84. The van der Waals surface area contributed by atoms with Crippen molar-refractivity contribution in [3.05, 3.63) is 22.4 Å². The lowest BCUT2D eigenvalue weighted by atomic mass is 10.2. The third-order valence-corrected chi connectivity index (χ3v) is 2.58. The highest BCUT2D eigenvalue weighted by Crippen LogP contribution is 2.10. The first-order chi connectivity index (χ1) is 6.61. The molecule has 0 saturated heterocycles. The SMILES string of the molecule is CC(O)C(N)C(=O)OCc1cccs1. The number of esters is 1. The van der Waals surface area contributed by atoms with Crippen molar-refractivity contribution in [1.29, 1.82) is 0 Å². The molecular weight excluding hydrogens is 202 g/mol. The Kier molecular flexibility index (Phi) is 4.06. The van der Waals surface area contributed by atoms with Crippen molar-refractivity contribution < 1.29 is 14.6 Å². The van der Waals surface area contributed by atoms with Crippen LogP contribution in [-0.4, -0.2) is 23.2 Å². The summed E-state index contributed by atoms with van der Waals surface area (Å²) < 4.78 is 4.90. The minimum atomic E-state index is -0.963. The Labute approximate surface area is 86.3 Å². The first kappa shape index (κ1) is 11.2. The van der Waals surface area contributed by atoms with Gasteiger partial charge in [-0.3, -0.25) is 4.79 Å². The first-order valence-corrected chi connectivity index (χ1v) is 5.12. The number of ether oxygens (including phenoxy) is 1. The molecule has 2 atom stereocenters. The molecule has 0 aliphatic carbocycles. The Morgan fingerprint density at radius 1 is 1.79 bits per heavy atom. The molecule has 3 N–H and O–H groups in total. The number of thiophene rings is 1. The van der Waals surface area contributed by atoms with E-state index in [4.69, 9.17) is 15.6 Å². The molecule has 5 heteroatoms. The van der Waals surface area contributed by atoms with Gasteiger partial charge in [-0.05, 0) is 18.4 Å². The fourth-order valence-corrected chi connectivity index (χ4v) is 1.45. The van der Waals surface area contributed by atoms with Gasteiger partial charge in [0.1, 0.15) is 12.6 Å². The van der Waals surface area contributed by atoms with E-state index in [1.807, 2.05) is 17.5 Å². The van der Waals surface area contributed by atoms with Gasteiger partial charge in [0.2, 0.25) is 0 Å². The van der Waals surface area contributed by atoms with Crippen molar-refractivity contribution in [3.63, 3.8) is 0 Å². The third kappa shape index (κ3) is 3.10. The Bertz CT molecular complexity index is 284. The van der Waals surface area contributed by atoms with Crippen LogP contribution in [0.4, 0.5) is 0 Å². The van der Waals surface area contributed by atoms with Gasteiger partial charge in [-0.15, -0.1) is 11.3 Å². The number of hydrogen-bond acceptors (Lipinski definition) is 5. The van der Waals surface area contributed by atoms with E-state index in [-0.39, 0.29) is 6.61 Å². The molecule has 0 aliphatic rings. The van der Waals surface area contributed by atoms with Crippen molar-refractivity contribution in [2.24, 2.45) is 5.73 Å². The van der Waals surface area contributed by atoms with Gasteiger partial charge in [-0.25, -0.2) is 0 Å². The zero-order chi connectivity index (χ0) is 10.6. The second-order valence-corrected chi connectivity index (χ2v) is 3.99. The van der Waals surface area contributed by atoms with Crippen LogP contribution in [0.5, 0.6) is 0 Å². The molecule has 0 saturated carbocycles. The molecule has 0 spiro atoms. The maximum absolute atomic E-state index is 11.2. The maximum atomic E-state index is 11.2. The van der Waals surface area contributed by atoms with E-state index in [1.165, 1.54) is 18.3 Å². The summed E-state index contributed by atoms with van der Waals surface area (Å²) in [5, 5.41) is 10.9. The Morgan fingerprint density at radius 3 is 3.00 bits per heavy atom. The topological polar surface area (TPSA) is 72.5 Å². The fraction of sp³-hybridized carbons (Fsp3) is 0.444. The summed E-state index contributed by atoms with van der Waals surface area (Å²) in [6.45, 7) is 1.67. The van der Waals surface area contributed by atoms with Crippen LogP contribution in [0.25, 0.3) is 0 Å². The van der Waals surface area contributed by atoms with Gasteiger partial charge < -0.3 is 15.6 Å². The summed E-state index contributed by atoms with van der Waals surface area (Å²) in [6, 6.07) is 2.78. The van der Waals surface area contributed by atoms with E-state index < -0.39 is 18.1 Å². The van der Waals surface area contributed by atoms with Gasteiger partial charge >= 0.3 is 5.97 Å². The molecule has 0 bridgehead atoms. The summed E-state index contributed by atoms with van der Waals surface area (Å²) in [5.74, 6) is -0.576. The number of rotatable bonds is 4. The van der Waals surface area contributed by atoms with Gasteiger partial charge in [0.15, 0.2) is 0 Å². The molecule has 1 aromatic heterocycles. The van der Waals surface area contributed by atoms with E-state index in [9.17, 15) is 4.79 Å². The molecular formula is C9H13NO3S. The van der Waals surface area contributed by atoms with Crippen LogP contribution in [0.2, 0.25) is 0 Å². The van der Waals surface area contributed by atoms with Crippen LogP contribution in [0.3, 0.4) is 0 Å². The van der Waals surface area contributed by atoms with E-state index in [1.54, 1.807) is 0 Å². The Hall–Kier alpha value is -0.910. The highest BCUT2D eigenvalue weighted by atomic mass is 32.1. The molecule has 0 amide bonds. The molecule has 0 fully saturated rings. The molecule has 1 rings (SSSR count). The summed E-state index contributed by atoms with van der Waals surface area (Å²) in [4.78, 5) is 12.1. The van der Waals surface area contributed by atoms with Crippen molar-refractivity contribution in [3.8, 4) is 0 Å². The standard InChI is InChI=1S/C9H13NO3S/c1-6(11)8(10)9(12)13-5-7-3-2-4-14-7/h2-4,6,8,11H,5,10H2,1H3. The number of aliphatic hydroxyl groups excluding tert-OH is 1. The molecule has 2 unspecified atom stereocenters. The molecule has 0 aromatic carbocycles. The molecule has 1 aromatic rings. The quantitative estimate of drug-likeness (QED) is 0.717. The zero-order valence-corrected chi connectivity index (χ0v) is 8.66. The number of aliphatic hydroxyl groups is 1. The van der Waals surface area contributed by atoms with E-state index in [2.05, 4.69) is 0 Å². The van der Waals surface area contributed by atoms with Gasteiger partial charge in [0.25, 0.3) is 0 Å². The second kappa shape index (κ2) is 5.09. The minimum Gasteiger partial charge on any atom is -0.459 e. The monoisotopic (exact) mass is 215 g/mol. The fourth-order valence-electron chi connectivity index (χ4n) is 0.830. The van der Waals surface area contributed by atoms with Crippen LogP contribution < -0.4 is 5.73 Å². The highest BCUT2D eigenvalue weighted by Gasteiger charge is 2.20. The van der Waals surface area contributed by atoms with Crippen molar-refractivity contribution in [2.45, 2.75) is 25.7 Å². The lowest BCUT2D eigenvalue weighted by molar-refractivity contribution is -0.148. The summed E-state index contributed by atoms with van der Waals surface area (Å²) in [7, 11) is 0. The number of carbonyl (C=O) groups is 1. The van der Waals surface area contributed by atoms with Gasteiger partial charge in [-0.2, -0.15) is 0 Å². The average Bonchev–Trinajstić information content (AvgIpc) is 2.65. The van der Waals surface area contributed by atoms with Crippen molar-refractivity contribution in [2.75, 3.05) is 0 Å². The van der Waals surface area contributed by atoms with Crippen molar-refractivity contribution in [1.82, 2.24) is 0 Å². The molecule has 1 heterocycles. The number of hydrogen-bond donors (Lipinski definition) is 2. The molecule has 4 nitrogen and oxygen atoms in total.